The lowest BCUT2D eigenvalue weighted by Crippen LogP contribution is -2.61. The van der Waals surface area contributed by atoms with Crippen molar-refractivity contribution < 1.29 is 43.5 Å². The summed E-state index contributed by atoms with van der Waals surface area (Å²) in [5.41, 5.74) is -2.11. The molecule has 1 aliphatic heterocycles. The Hall–Kier alpha value is -2.57. The average Bonchev–Trinajstić information content (AvgIpc) is 2.73. The van der Waals surface area contributed by atoms with Crippen molar-refractivity contribution in [2.24, 2.45) is 11.8 Å². The number of alkyl halides is 1. The van der Waals surface area contributed by atoms with Crippen molar-refractivity contribution in [1.29, 1.82) is 0 Å². The third-order valence-corrected chi connectivity index (χ3v) is 6.37. The lowest BCUT2D eigenvalue weighted by molar-refractivity contribution is -0.175. The van der Waals surface area contributed by atoms with Crippen molar-refractivity contribution >= 4 is 60.0 Å². The van der Waals surface area contributed by atoms with Crippen LogP contribution in [0.25, 0.3) is 0 Å². The first-order chi connectivity index (χ1) is 16.3. The molecule has 1 saturated heterocycles. The number of hydrogen-bond donors (Lipinski definition) is 4. The Morgan fingerprint density at radius 3 is 2.51 bits per heavy atom. The fourth-order valence-electron chi connectivity index (χ4n) is 3.79. The monoisotopic (exact) mass is 532 g/mol. The molecule has 4 atom stereocenters. The van der Waals surface area contributed by atoms with E-state index in [0.717, 1.165) is 0 Å². The van der Waals surface area contributed by atoms with Crippen molar-refractivity contribution in [2.45, 2.75) is 57.0 Å². The Labute approximate surface area is 212 Å². The van der Waals surface area contributed by atoms with Gasteiger partial charge in [0.1, 0.15) is 0 Å². The highest BCUT2D eigenvalue weighted by Gasteiger charge is 2.54. The third-order valence-electron chi connectivity index (χ3n) is 5.52. The lowest BCUT2D eigenvalue weighted by Gasteiger charge is -2.37. The summed E-state index contributed by atoms with van der Waals surface area (Å²) in [7, 11) is -1.55. The number of hydrogen-bond acceptors (Lipinski definition) is 7. The molecule has 0 bridgehead atoms. The van der Waals surface area contributed by atoms with Crippen LogP contribution in [-0.4, -0.2) is 70.5 Å². The van der Waals surface area contributed by atoms with E-state index in [1.807, 2.05) is 13.8 Å². The SMILES string of the molecule is CC(C)CC(NC(=O)CNC(=O)C1=C(Cl)C=CC(Cl)C1C)B1OC(=O)CC(CC(=O)O)(C(=O)O)O1. The quantitative estimate of drug-likeness (QED) is 0.239. The van der Waals surface area contributed by atoms with Gasteiger partial charge in [-0.2, -0.15) is 0 Å². The van der Waals surface area contributed by atoms with Gasteiger partial charge in [0.2, 0.25) is 11.8 Å². The van der Waals surface area contributed by atoms with Crippen LogP contribution in [0.1, 0.15) is 40.0 Å². The molecule has 0 saturated carbocycles. The molecule has 1 fully saturated rings. The zero-order chi connectivity index (χ0) is 26.5. The molecule has 35 heavy (non-hydrogen) atoms. The average molecular weight is 533 g/mol. The normalized spacial score (nSPS) is 25.2. The van der Waals surface area contributed by atoms with Crippen LogP contribution in [0.5, 0.6) is 0 Å². The minimum absolute atomic E-state index is 0.0580. The highest BCUT2D eigenvalue weighted by molar-refractivity contribution is 6.50. The number of carbonyl (C=O) groups is 5. The molecule has 4 N–H and O–H groups in total. The van der Waals surface area contributed by atoms with E-state index in [4.69, 9.17) is 37.6 Å². The molecule has 0 aromatic heterocycles. The van der Waals surface area contributed by atoms with Crippen LogP contribution < -0.4 is 10.6 Å². The number of nitrogens with one attached hydrogen (secondary N) is 2. The maximum Gasteiger partial charge on any atom is 0.552 e. The van der Waals surface area contributed by atoms with Crippen LogP contribution in [0.4, 0.5) is 0 Å². The lowest BCUT2D eigenvalue weighted by atomic mass is 9.70. The van der Waals surface area contributed by atoms with Crippen LogP contribution in [-0.2, 0) is 33.3 Å². The molecular formula is C21H27BCl2N2O9. The molecule has 4 unspecified atom stereocenters. The summed E-state index contributed by atoms with van der Waals surface area (Å²) in [6.45, 7) is 4.87. The highest BCUT2D eigenvalue weighted by atomic mass is 35.5. The van der Waals surface area contributed by atoms with Gasteiger partial charge in [-0.15, -0.1) is 11.6 Å². The minimum atomic E-state index is -2.34. The van der Waals surface area contributed by atoms with Gasteiger partial charge in [-0.1, -0.05) is 38.4 Å². The first kappa shape index (κ1) is 28.7. The van der Waals surface area contributed by atoms with E-state index in [-0.39, 0.29) is 28.9 Å². The predicted molar refractivity (Wildman–Crippen MR) is 125 cm³/mol. The molecule has 1 aliphatic carbocycles. The summed E-state index contributed by atoms with van der Waals surface area (Å²) in [6.07, 6.45) is 1.59. The predicted octanol–water partition coefficient (Wildman–Crippen LogP) is 1.23. The van der Waals surface area contributed by atoms with Crippen LogP contribution in [0.15, 0.2) is 22.8 Å². The second-order valence-electron chi connectivity index (χ2n) is 8.86. The smallest absolute Gasteiger partial charge is 0.508 e. The summed E-state index contributed by atoms with van der Waals surface area (Å²) in [5, 5.41) is 23.5. The molecule has 0 spiro atoms. The zero-order valence-electron chi connectivity index (χ0n) is 19.4. The van der Waals surface area contributed by atoms with Crippen LogP contribution in [0, 0.1) is 11.8 Å². The largest absolute Gasteiger partial charge is 0.552 e. The molecular weight excluding hydrogens is 506 g/mol. The van der Waals surface area contributed by atoms with Crippen molar-refractivity contribution in [3.8, 4) is 0 Å². The fourth-order valence-corrected chi connectivity index (χ4v) is 4.32. The summed E-state index contributed by atoms with van der Waals surface area (Å²) in [6, 6.07) is 0. The molecule has 0 radical (unpaired) electrons. The van der Waals surface area contributed by atoms with Gasteiger partial charge in [0.25, 0.3) is 5.97 Å². The summed E-state index contributed by atoms with van der Waals surface area (Å²) in [4.78, 5) is 60.4. The van der Waals surface area contributed by atoms with Crippen molar-refractivity contribution in [3.63, 3.8) is 0 Å². The van der Waals surface area contributed by atoms with Crippen molar-refractivity contribution in [2.75, 3.05) is 6.54 Å². The van der Waals surface area contributed by atoms with Gasteiger partial charge in [-0.25, -0.2) is 4.79 Å². The number of carbonyl (C=O) groups excluding carboxylic acids is 3. The van der Waals surface area contributed by atoms with Gasteiger partial charge in [0, 0.05) is 16.5 Å². The Morgan fingerprint density at radius 2 is 1.94 bits per heavy atom. The Bertz CT molecular complexity index is 951. The number of aliphatic carboxylic acids is 2. The molecule has 0 aromatic rings. The summed E-state index contributed by atoms with van der Waals surface area (Å²) < 4.78 is 10.6. The van der Waals surface area contributed by atoms with Gasteiger partial charge in [0.05, 0.1) is 30.7 Å². The highest BCUT2D eigenvalue weighted by Crippen LogP contribution is 2.31. The first-order valence-corrected chi connectivity index (χ1v) is 11.7. The van der Waals surface area contributed by atoms with Crippen LogP contribution >= 0.6 is 23.2 Å². The van der Waals surface area contributed by atoms with E-state index in [1.165, 1.54) is 6.08 Å². The van der Waals surface area contributed by atoms with Gasteiger partial charge in [-0.3, -0.25) is 19.2 Å². The summed E-state index contributed by atoms with van der Waals surface area (Å²) >= 11 is 12.3. The van der Waals surface area contributed by atoms with Crippen LogP contribution in [0.3, 0.4) is 0 Å². The minimum Gasteiger partial charge on any atom is -0.508 e. The van der Waals surface area contributed by atoms with E-state index in [1.54, 1.807) is 13.0 Å². The van der Waals surface area contributed by atoms with E-state index in [0.29, 0.717) is 0 Å². The second kappa shape index (κ2) is 11.9. The maximum absolute atomic E-state index is 12.6. The molecule has 11 nitrogen and oxygen atoms in total. The molecule has 14 heteroatoms. The molecule has 2 aliphatic rings. The molecule has 1 heterocycles. The molecule has 192 valence electrons. The van der Waals surface area contributed by atoms with Crippen molar-refractivity contribution in [1.82, 2.24) is 10.6 Å². The molecule has 2 amide bonds. The van der Waals surface area contributed by atoms with E-state index in [9.17, 15) is 29.1 Å². The van der Waals surface area contributed by atoms with E-state index >= 15 is 0 Å². The van der Waals surface area contributed by atoms with Gasteiger partial charge in [0.15, 0.2) is 5.60 Å². The maximum atomic E-state index is 12.6. The number of carboxylic acids is 2. The number of carboxylic acid groups (broad SMARTS) is 2. The Kier molecular flexibility index (Phi) is 9.76. The van der Waals surface area contributed by atoms with E-state index in [2.05, 4.69) is 10.6 Å². The molecule has 2 rings (SSSR count). The number of halogens is 2. The Balaban J connectivity index is 2.13. The zero-order valence-corrected chi connectivity index (χ0v) is 20.9. The van der Waals surface area contributed by atoms with Crippen LogP contribution in [0.2, 0.25) is 0 Å². The topological polar surface area (TPSA) is 168 Å². The number of amides is 2. The second-order valence-corrected chi connectivity index (χ2v) is 9.77. The first-order valence-electron chi connectivity index (χ1n) is 10.9. The Morgan fingerprint density at radius 1 is 1.29 bits per heavy atom. The fraction of sp³-hybridized carbons (Fsp3) is 0.571. The number of rotatable bonds is 10. The van der Waals surface area contributed by atoms with Gasteiger partial charge in [-0.05, 0) is 18.4 Å². The third kappa shape index (κ3) is 7.46. The number of allylic oxidation sites excluding steroid dienone is 3. The standard InChI is InChI=1S/C21H27BCl2N2O9/c1-10(2)6-14(22-34-17(30)8-21(35-22,20(32)33)7-16(28)29)26-15(27)9-25-19(31)18-11(3)12(23)4-5-13(18)24/h4-5,10-12,14H,6-9H2,1-3H3,(H,25,31)(H,26,27)(H,28,29)(H,32,33). The van der Waals surface area contributed by atoms with Crippen molar-refractivity contribution in [3.05, 3.63) is 22.8 Å². The van der Waals surface area contributed by atoms with E-state index < -0.39 is 73.1 Å². The van der Waals surface area contributed by atoms with Gasteiger partial charge >= 0.3 is 19.1 Å². The molecule has 0 aromatic carbocycles. The summed E-state index contributed by atoms with van der Waals surface area (Å²) in [5.74, 6) is -6.81. The van der Waals surface area contributed by atoms with Gasteiger partial charge < -0.3 is 30.2 Å².